The van der Waals surface area contributed by atoms with E-state index < -0.39 is 6.10 Å². The smallest absolute Gasteiger partial charge is 0.137 e. The van der Waals surface area contributed by atoms with E-state index in [0.29, 0.717) is 16.7 Å². The van der Waals surface area contributed by atoms with Crippen LogP contribution in [0.15, 0.2) is 51.4 Å². The van der Waals surface area contributed by atoms with Gasteiger partial charge in [0.15, 0.2) is 0 Å². The third kappa shape index (κ3) is 2.61. The zero-order chi connectivity index (χ0) is 15.0. The molecule has 0 aliphatic carbocycles. The number of hydrogen-bond donors (Lipinski definition) is 1. The fourth-order valence-electron chi connectivity index (χ4n) is 2.62. The Morgan fingerprint density at radius 2 is 1.95 bits per heavy atom. The van der Waals surface area contributed by atoms with Crippen LogP contribution in [-0.2, 0) is 6.42 Å². The molecule has 0 saturated heterocycles. The van der Waals surface area contributed by atoms with Gasteiger partial charge in [0.1, 0.15) is 17.2 Å². The number of aryl methyl sites for hydroxylation is 1. The van der Waals surface area contributed by atoms with E-state index in [1.54, 1.807) is 12.1 Å². The first-order valence-corrected chi connectivity index (χ1v) is 7.46. The number of aliphatic hydroxyl groups excluding tert-OH is 1. The van der Waals surface area contributed by atoms with Gasteiger partial charge in [0.25, 0.3) is 0 Å². The molecule has 1 unspecified atom stereocenters. The van der Waals surface area contributed by atoms with E-state index in [2.05, 4.69) is 15.9 Å². The van der Waals surface area contributed by atoms with Gasteiger partial charge in [-0.05, 0) is 40.5 Å². The van der Waals surface area contributed by atoms with E-state index in [1.807, 2.05) is 31.2 Å². The van der Waals surface area contributed by atoms with Crippen LogP contribution in [0.5, 0.6) is 0 Å². The van der Waals surface area contributed by atoms with Crippen LogP contribution in [0.4, 0.5) is 4.39 Å². The van der Waals surface area contributed by atoms with Crippen molar-refractivity contribution < 1.29 is 13.9 Å². The van der Waals surface area contributed by atoms with Crippen LogP contribution in [0.2, 0.25) is 0 Å². The van der Waals surface area contributed by atoms with Gasteiger partial charge < -0.3 is 9.52 Å². The van der Waals surface area contributed by atoms with Crippen LogP contribution < -0.4 is 0 Å². The maximum atomic E-state index is 13.6. The Labute approximate surface area is 130 Å². The average Bonchev–Trinajstić information content (AvgIpc) is 2.79. The van der Waals surface area contributed by atoms with Crippen molar-refractivity contribution in [1.29, 1.82) is 0 Å². The second kappa shape index (κ2) is 5.62. The quantitative estimate of drug-likeness (QED) is 0.728. The first kappa shape index (κ1) is 14.3. The van der Waals surface area contributed by atoms with Gasteiger partial charge in [0, 0.05) is 17.4 Å². The van der Waals surface area contributed by atoms with Gasteiger partial charge in [-0.3, -0.25) is 0 Å². The molecule has 1 atom stereocenters. The van der Waals surface area contributed by atoms with Crippen LogP contribution in [0.25, 0.3) is 11.0 Å². The lowest BCUT2D eigenvalue weighted by atomic mass is 9.99. The molecule has 2 nitrogen and oxygen atoms in total. The molecule has 1 aromatic heterocycles. The van der Waals surface area contributed by atoms with Crippen molar-refractivity contribution in [3.8, 4) is 0 Å². The van der Waals surface area contributed by atoms with E-state index in [1.165, 1.54) is 6.07 Å². The van der Waals surface area contributed by atoms with Crippen LogP contribution in [0.3, 0.4) is 0 Å². The van der Waals surface area contributed by atoms with Crippen molar-refractivity contribution in [1.82, 2.24) is 0 Å². The molecule has 0 bridgehead atoms. The van der Waals surface area contributed by atoms with Gasteiger partial charge in [-0.25, -0.2) is 4.39 Å². The summed E-state index contributed by atoms with van der Waals surface area (Å²) in [5.41, 5.74) is 2.25. The van der Waals surface area contributed by atoms with Crippen LogP contribution in [0.1, 0.15) is 23.0 Å². The van der Waals surface area contributed by atoms with E-state index in [4.69, 9.17) is 4.42 Å². The first-order chi connectivity index (χ1) is 10.1. The van der Waals surface area contributed by atoms with Gasteiger partial charge in [-0.15, -0.1) is 0 Å². The molecule has 0 aliphatic rings. The highest BCUT2D eigenvalue weighted by Gasteiger charge is 2.20. The van der Waals surface area contributed by atoms with Gasteiger partial charge in [0.2, 0.25) is 0 Å². The zero-order valence-corrected chi connectivity index (χ0v) is 13.0. The highest BCUT2D eigenvalue weighted by Crippen LogP contribution is 2.33. The Hall–Kier alpha value is -1.65. The second-order valence-corrected chi connectivity index (χ2v) is 5.79. The van der Waals surface area contributed by atoms with Crippen molar-refractivity contribution in [2.45, 2.75) is 19.4 Å². The molecule has 0 spiro atoms. The molecule has 0 fully saturated rings. The molecule has 3 rings (SSSR count). The van der Waals surface area contributed by atoms with Gasteiger partial charge in [-0.1, -0.05) is 30.3 Å². The zero-order valence-electron chi connectivity index (χ0n) is 11.4. The summed E-state index contributed by atoms with van der Waals surface area (Å²) in [5, 5.41) is 11.5. The Morgan fingerprint density at radius 3 is 2.76 bits per heavy atom. The molecule has 0 amide bonds. The molecule has 1 heterocycles. The normalized spacial score (nSPS) is 12.8. The van der Waals surface area contributed by atoms with Crippen LogP contribution in [-0.4, -0.2) is 5.11 Å². The summed E-state index contributed by atoms with van der Waals surface area (Å²) < 4.78 is 19.6. The number of furan rings is 1. The lowest BCUT2D eigenvalue weighted by molar-refractivity contribution is 0.177. The molecule has 21 heavy (non-hydrogen) atoms. The predicted octanol–water partition coefficient (Wildman–Crippen LogP) is 4.92. The van der Waals surface area contributed by atoms with E-state index >= 15 is 0 Å². The molecular weight excluding hydrogens is 335 g/mol. The number of para-hydroxylation sites is 1. The molecular formula is C17H14BrFO2. The molecule has 3 aromatic rings. The van der Waals surface area contributed by atoms with Gasteiger partial charge in [-0.2, -0.15) is 0 Å². The maximum Gasteiger partial charge on any atom is 0.137 e. The Kier molecular flexibility index (Phi) is 3.83. The number of fused-ring (bicyclic) bond motifs is 1. The fraction of sp³-hybridized carbons (Fsp3) is 0.176. The number of hydrogen-bond acceptors (Lipinski definition) is 2. The van der Waals surface area contributed by atoms with Crippen molar-refractivity contribution in [2.24, 2.45) is 0 Å². The lowest BCUT2D eigenvalue weighted by Gasteiger charge is -2.12. The van der Waals surface area contributed by atoms with E-state index in [0.717, 1.165) is 22.1 Å². The monoisotopic (exact) mass is 348 g/mol. The first-order valence-electron chi connectivity index (χ1n) is 6.67. The number of benzene rings is 2. The van der Waals surface area contributed by atoms with E-state index in [9.17, 15) is 9.50 Å². The third-order valence-corrected chi connectivity index (χ3v) is 4.49. The Balaban J connectivity index is 1.99. The lowest BCUT2D eigenvalue weighted by Crippen LogP contribution is -2.04. The van der Waals surface area contributed by atoms with Gasteiger partial charge in [0.05, 0.1) is 10.6 Å². The van der Waals surface area contributed by atoms with Crippen LogP contribution >= 0.6 is 15.9 Å². The summed E-state index contributed by atoms with van der Waals surface area (Å²) in [4.78, 5) is 0. The molecule has 2 aromatic carbocycles. The average molecular weight is 349 g/mol. The van der Waals surface area contributed by atoms with Crippen molar-refractivity contribution in [3.63, 3.8) is 0 Å². The standard InChI is InChI=1S/C17H14BrFO2/c1-10-16(12-6-2-3-8-15(12)21-10)14(20)9-11-5-4-7-13(19)17(11)18/h2-8,14,20H,9H2,1H3. The van der Waals surface area contributed by atoms with Crippen molar-refractivity contribution >= 4 is 26.9 Å². The predicted molar refractivity (Wildman–Crippen MR) is 83.7 cm³/mol. The summed E-state index contributed by atoms with van der Waals surface area (Å²) >= 11 is 3.23. The maximum absolute atomic E-state index is 13.6. The third-order valence-electron chi connectivity index (χ3n) is 3.60. The minimum absolute atomic E-state index is 0.322. The Morgan fingerprint density at radius 1 is 1.19 bits per heavy atom. The summed E-state index contributed by atoms with van der Waals surface area (Å²) in [6, 6.07) is 12.4. The molecule has 1 N–H and O–H groups in total. The van der Waals surface area contributed by atoms with Crippen LogP contribution in [0, 0.1) is 12.7 Å². The molecule has 108 valence electrons. The molecule has 0 saturated carbocycles. The molecule has 0 radical (unpaired) electrons. The van der Waals surface area contributed by atoms with E-state index in [-0.39, 0.29) is 5.82 Å². The summed E-state index contributed by atoms with van der Waals surface area (Å²) in [7, 11) is 0. The topological polar surface area (TPSA) is 33.4 Å². The largest absolute Gasteiger partial charge is 0.461 e. The van der Waals surface area contributed by atoms with Crippen molar-refractivity contribution in [3.05, 3.63) is 69.6 Å². The molecule has 4 heteroatoms. The minimum atomic E-state index is -0.744. The summed E-state index contributed by atoms with van der Waals surface area (Å²) in [5.74, 6) is 0.365. The number of rotatable bonds is 3. The van der Waals surface area contributed by atoms with Crippen molar-refractivity contribution in [2.75, 3.05) is 0 Å². The highest BCUT2D eigenvalue weighted by atomic mass is 79.9. The second-order valence-electron chi connectivity index (χ2n) is 5.00. The summed E-state index contributed by atoms with van der Waals surface area (Å²) in [6.45, 7) is 1.83. The number of aliphatic hydroxyl groups is 1. The fourth-order valence-corrected chi connectivity index (χ4v) is 3.04. The van der Waals surface area contributed by atoms with Gasteiger partial charge >= 0.3 is 0 Å². The minimum Gasteiger partial charge on any atom is -0.461 e. The molecule has 0 aliphatic heterocycles. The number of halogens is 2. The summed E-state index contributed by atoms with van der Waals surface area (Å²) in [6.07, 6.45) is -0.422. The Bertz CT molecular complexity index is 795. The SMILES string of the molecule is Cc1oc2ccccc2c1C(O)Cc1cccc(F)c1Br. The highest BCUT2D eigenvalue weighted by molar-refractivity contribution is 9.10.